The lowest BCUT2D eigenvalue weighted by Gasteiger charge is -2.40. The number of rotatable bonds is 6. The van der Waals surface area contributed by atoms with E-state index in [-0.39, 0.29) is 0 Å². The van der Waals surface area contributed by atoms with Gasteiger partial charge in [-0.05, 0) is 50.0 Å². The largest absolute Gasteiger partial charge is 0.313 e. The second kappa shape index (κ2) is 7.53. The van der Waals surface area contributed by atoms with E-state index in [0.29, 0.717) is 0 Å². The van der Waals surface area contributed by atoms with Crippen molar-refractivity contribution in [2.45, 2.75) is 84.1 Å². The molecule has 0 aliphatic heterocycles. The molecule has 0 spiro atoms. The van der Waals surface area contributed by atoms with Gasteiger partial charge in [-0.1, -0.05) is 52.4 Å². The lowest BCUT2D eigenvalue weighted by Crippen LogP contribution is -2.45. The summed E-state index contributed by atoms with van der Waals surface area (Å²) in [4.78, 5) is 0. The van der Waals surface area contributed by atoms with Crippen LogP contribution in [0.15, 0.2) is 0 Å². The summed E-state index contributed by atoms with van der Waals surface area (Å²) >= 11 is 0. The Labute approximate surface area is 114 Å². The van der Waals surface area contributed by atoms with Crippen LogP contribution in [0.2, 0.25) is 0 Å². The normalized spacial score (nSPS) is 31.7. The average Bonchev–Trinajstić information content (AvgIpc) is 2.94. The molecule has 2 rings (SSSR count). The first-order valence-corrected chi connectivity index (χ1v) is 8.60. The van der Waals surface area contributed by atoms with Gasteiger partial charge in [-0.3, -0.25) is 0 Å². The molecule has 106 valence electrons. The third-order valence-electron chi connectivity index (χ3n) is 5.49. The first-order valence-electron chi connectivity index (χ1n) is 8.60. The van der Waals surface area contributed by atoms with Gasteiger partial charge in [0.15, 0.2) is 0 Å². The second-order valence-corrected chi connectivity index (χ2v) is 6.64. The van der Waals surface area contributed by atoms with E-state index in [1.165, 1.54) is 70.8 Å². The molecule has 0 aromatic rings. The minimum atomic E-state index is 0.845. The molecule has 3 atom stereocenters. The van der Waals surface area contributed by atoms with E-state index in [1.807, 2.05) is 0 Å². The van der Waals surface area contributed by atoms with Crippen LogP contribution in [0.3, 0.4) is 0 Å². The predicted molar refractivity (Wildman–Crippen MR) is 79.8 cm³/mol. The highest BCUT2D eigenvalue weighted by Gasteiger charge is 2.35. The van der Waals surface area contributed by atoms with Gasteiger partial charge < -0.3 is 5.32 Å². The van der Waals surface area contributed by atoms with Crippen molar-refractivity contribution in [2.75, 3.05) is 6.54 Å². The fraction of sp³-hybridized carbons (Fsp3) is 1.00. The van der Waals surface area contributed by atoms with Gasteiger partial charge in [-0.2, -0.15) is 0 Å². The molecule has 2 fully saturated rings. The number of hydrogen-bond acceptors (Lipinski definition) is 1. The summed E-state index contributed by atoms with van der Waals surface area (Å²) in [5, 5.41) is 3.95. The lowest BCUT2D eigenvalue weighted by atomic mass is 9.70. The molecule has 1 N–H and O–H groups in total. The second-order valence-electron chi connectivity index (χ2n) is 6.64. The summed E-state index contributed by atoms with van der Waals surface area (Å²) in [7, 11) is 0. The standard InChI is InChI=1S/C17H33N/c1-3-13-18-17(15-10-5-6-11-15)16-12-8-7-9-14(16)4-2/h14-18H,3-13H2,1-2H3. The molecule has 0 aromatic heterocycles. The van der Waals surface area contributed by atoms with E-state index in [0.717, 1.165) is 23.8 Å². The van der Waals surface area contributed by atoms with Crippen molar-refractivity contribution in [3.63, 3.8) is 0 Å². The maximum atomic E-state index is 3.95. The van der Waals surface area contributed by atoms with Crippen LogP contribution < -0.4 is 5.32 Å². The topological polar surface area (TPSA) is 12.0 Å². The molecule has 0 bridgehead atoms. The predicted octanol–water partition coefficient (Wildman–Crippen LogP) is 4.76. The van der Waals surface area contributed by atoms with Crippen molar-refractivity contribution < 1.29 is 0 Å². The van der Waals surface area contributed by atoms with Crippen LogP contribution >= 0.6 is 0 Å². The van der Waals surface area contributed by atoms with Crippen molar-refractivity contribution in [3.05, 3.63) is 0 Å². The zero-order valence-electron chi connectivity index (χ0n) is 12.6. The molecule has 1 heteroatoms. The highest BCUT2D eigenvalue weighted by atomic mass is 14.9. The Kier molecular flexibility index (Phi) is 6.01. The minimum absolute atomic E-state index is 0.845. The molecule has 0 aromatic carbocycles. The molecule has 1 nitrogen and oxygen atoms in total. The van der Waals surface area contributed by atoms with E-state index in [2.05, 4.69) is 19.2 Å². The van der Waals surface area contributed by atoms with E-state index in [4.69, 9.17) is 0 Å². The Balaban J connectivity index is 2.00. The zero-order valence-corrected chi connectivity index (χ0v) is 12.6. The molecule has 2 saturated carbocycles. The summed E-state index contributed by atoms with van der Waals surface area (Å²) in [6.45, 7) is 5.94. The van der Waals surface area contributed by atoms with Gasteiger partial charge in [-0.15, -0.1) is 0 Å². The monoisotopic (exact) mass is 251 g/mol. The summed E-state index contributed by atoms with van der Waals surface area (Å²) in [6.07, 6.45) is 14.6. The molecule has 0 heterocycles. The van der Waals surface area contributed by atoms with Crippen LogP contribution in [-0.4, -0.2) is 12.6 Å². The summed E-state index contributed by atoms with van der Waals surface area (Å²) in [6, 6.07) is 0.845. The number of nitrogens with one attached hydrogen (secondary N) is 1. The Hall–Kier alpha value is -0.0400. The van der Waals surface area contributed by atoms with E-state index in [1.54, 1.807) is 0 Å². The van der Waals surface area contributed by atoms with Gasteiger partial charge >= 0.3 is 0 Å². The molecule has 3 unspecified atom stereocenters. The number of hydrogen-bond donors (Lipinski definition) is 1. The van der Waals surface area contributed by atoms with E-state index < -0.39 is 0 Å². The van der Waals surface area contributed by atoms with E-state index in [9.17, 15) is 0 Å². The van der Waals surface area contributed by atoms with Crippen molar-refractivity contribution in [2.24, 2.45) is 17.8 Å². The minimum Gasteiger partial charge on any atom is -0.313 e. The van der Waals surface area contributed by atoms with Crippen LogP contribution in [0.4, 0.5) is 0 Å². The quantitative estimate of drug-likeness (QED) is 0.717. The molecular formula is C17H33N. The molecule has 0 radical (unpaired) electrons. The van der Waals surface area contributed by atoms with Gasteiger partial charge in [0.2, 0.25) is 0 Å². The highest BCUT2D eigenvalue weighted by Crippen LogP contribution is 2.40. The Morgan fingerprint density at radius 2 is 1.61 bits per heavy atom. The molecule has 2 aliphatic rings. The van der Waals surface area contributed by atoms with Crippen LogP contribution in [0.5, 0.6) is 0 Å². The Morgan fingerprint density at radius 3 is 2.28 bits per heavy atom. The van der Waals surface area contributed by atoms with Crippen molar-refractivity contribution >= 4 is 0 Å². The zero-order chi connectivity index (χ0) is 12.8. The first-order chi connectivity index (χ1) is 8.86. The van der Waals surface area contributed by atoms with Crippen molar-refractivity contribution in [1.82, 2.24) is 5.32 Å². The van der Waals surface area contributed by atoms with Crippen molar-refractivity contribution in [1.29, 1.82) is 0 Å². The summed E-state index contributed by atoms with van der Waals surface area (Å²) < 4.78 is 0. The fourth-order valence-corrected chi connectivity index (χ4v) is 4.51. The van der Waals surface area contributed by atoms with Crippen LogP contribution in [0.25, 0.3) is 0 Å². The van der Waals surface area contributed by atoms with Gasteiger partial charge in [0.05, 0.1) is 0 Å². The molecular weight excluding hydrogens is 218 g/mol. The van der Waals surface area contributed by atoms with Gasteiger partial charge in [0.25, 0.3) is 0 Å². The SMILES string of the molecule is CCCNC(C1CCCC1)C1CCCCC1CC. The highest BCUT2D eigenvalue weighted by molar-refractivity contribution is 4.90. The fourth-order valence-electron chi connectivity index (χ4n) is 4.51. The van der Waals surface area contributed by atoms with Crippen LogP contribution in [0.1, 0.15) is 78.1 Å². The van der Waals surface area contributed by atoms with Gasteiger partial charge in [-0.25, -0.2) is 0 Å². The summed E-state index contributed by atoms with van der Waals surface area (Å²) in [5.74, 6) is 2.99. The average molecular weight is 251 g/mol. The van der Waals surface area contributed by atoms with Crippen molar-refractivity contribution in [3.8, 4) is 0 Å². The Bertz CT molecular complexity index is 220. The first kappa shape index (κ1) is 14.4. The Morgan fingerprint density at radius 1 is 0.944 bits per heavy atom. The lowest BCUT2D eigenvalue weighted by molar-refractivity contribution is 0.138. The summed E-state index contributed by atoms with van der Waals surface area (Å²) in [5.41, 5.74) is 0. The smallest absolute Gasteiger partial charge is 0.0126 e. The van der Waals surface area contributed by atoms with Crippen LogP contribution in [-0.2, 0) is 0 Å². The third kappa shape index (κ3) is 3.50. The third-order valence-corrected chi connectivity index (χ3v) is 5.49. The van der Waals surface area contributed by atoms with Crippen LogP contribution in [0, 0.1) is 17.8 Å². The van der Waals surface area contributed by atoms with E-state index >= 15 is 0 Å². The molecule has 0 saturated heterocycles. The molecule has 18 heavy (non-hydrogen) atoms. The maximum absolute atomic E-state index is 3.95. The maximum Gasteiger partial charge on any atom is 0.0126 e. The van der Waals surface area contributed by atoms with Gasteiger partial charge in [0, 0.05) is 6.04 Å². The molecule has 0 amide bonds. The van der Waals surface area contributed by atoms with Gasteiger partial charge in [0.1, 0.15) is 0 Å². The molecule has 2 aliphatic carbocycles.